The summed E-state index contributed by atoms with van der Waals surface area (Å²) in [6, 6.07) is 12.7. The highest BCUT2D eigenvalue weighted by Gasteiger charge is 2.27. The van der Waals surface area contributed by atoms with Crippen molar-refractivity contribution >= 4 is 21.6 Å². The van der Waals surface area contributed by atoms with Gasteiger partial charge in [0.25, 0.3) is 15.9 Å². The third kappa shape index (κ3) is 5.27. The molecule has 0 spiro atoms. The van der Waals surface area contributed by atoms with Gasteiger partial charge in [-0.3, -0.25) is 9.52 Å². The van der Waals surface area contributed by atoms with Gasteiger partial charge in [0.05, 0.1) is 23.7 Å². The van der Waals surface area contributed by atoms with Crippen LogP contribution >= 0.6 is 0 Å². The first-order valence-electron chi connectivity index (χ1n) is 9.59. The highest BCUT2D eigenvalue weighted by atomic mass is 32.2. The number of rotatable bonds is 6. The summed E-state index contributed by atoms with van der Waals surface area (Å²) in [5.74, 6) is 0.542. The maximum Gasteiger partial charge on any atom is 0.261 e. The van der Waals surface area contributed by atoms with E-state index in [9.17, 15) is 13.2 Å². The zero-order valence-electron chi connectivity index (χ0n) is 16.8. The van der Waals surface area contributed by atoms with Crippen molar-refractivity contribution in [1.82, 2.24) is 4.90 Å². The summed E-state index contributed by atoms with van der Waals surface area (Å²) in [5.41, 5.74) is 0.885. The molecule has 8 heteroatoms. The van der Waals surface area contributed by atoms with Crippen molar-refractivity contribution in [1.29, 1.82) is 0 Å². The topological polar surface area (TPSA) is 84.9 Å². The fraction of sp³-hybridized carbons (Fsp3) is 0.381. The minimum absolute atomic E-state index is 0.0272. The molecule has 2 aromatic carbocycles. The monoisotopic (exact) mass is 418 g/mol. The smallest absolute Gasteiger partial charge is 0.261 e. The second-order valence-corrected chi connectivity index (χ2v) is 8.74. The van der Waals surface area contributed by atoms with E-state index in [2.05, 4.69) is 4.72 Å². The Morgan fingerprint density at radius 3 is 2.21 bits per heavy atom. The zero-order chi connectivity index (χ0) is 21.0. The number of carbonyl (C=O) groups excluding carboxylic acids is 1. The van der Waals surface area contributed by atoms with E-state index in [0.717, 1.165) is 0 Å². The second-order valence-electron chi connectivity index (χ2n) is 7.05. The molecule has 0 unspecified atom stereocenters. The maximum absolute atomic E-state index is 12.7. The van der Waals surface area contributed by atoms with Crippen molar-refractivity contribution in [2.45, 2.75) is 37.9 Å². The minimum atomic E-state index is -3.76. The normalized spacial score (nSPS) is 19.6. The molecule has 1 aliphatic rings. The molecule has 156 valence electrons. The van der Waals surface area contributed by atoms with Gasteiger partial charge in [0.15, 0.2) is 0 Å². The number of hydrogen-bond acceptors (Lipinski definition) is 5. The van der Waals surface area contributed by atoms with Gasteiger partial charge in [0.2, 0.25) is 0 Å². The van der Waals surface area contributed by atoms with Crippen molar-refractivity contribution in [3.63, 3.8) is 0 Å². The van der Waals surface area contributed by atoms with Crippen molar-refractivity contribution in [3.05, 3.63) is 54.1 Å². The Balaban J connectivity index is 1.70. The lowest BCUT2D eigenvalue weighted by Crippen LogP contribution is -2.48. The molecule has 2 atom stereocenters. The van der Waals surface area contributed by atoms with Gasteiger partial charge in [0, 0.05) is 24.3 Å². The molecule has 1 fully saturated rings. The lowest BCUT2D eigenvalue weighted by Gasteiger charge is -2.35. The van der Waals surface area contributed by atoms with Crippen LogP contribution in [0.25, 0.3) is 0 Å². The van der Waals surface area contributed by atoms with Crippen molar-refractivity contribution in [3.8, 4) is 5.75 Å². The Morgan fingerprint density at radius 2 is 1.66 bits per heavy atom. The number of nitrogens with zero attached hydrogens (tertiary/aromatic N) is 1. The van der Waals surface area contributed by atoms with E-state index in [4.69, 9.17) is 9.47 Å². The summed E-state index contributed by atoms with van der Waals surface area (Å²) < 4.78 is 38.8. The lowest BCUT2D eigenvalue weighted by atomic mass is 10.1. The molecule has 1 aliphatic heterocycles. The van der Waals surface area contributed by atoms with Gasteiger partial charge in [-0.2, -0.15) is 0 Å². The molecule has 7 nitrogen and oxygen atoms in total. The van der Waals surface area contributed by atoms with Crippen LogP contribution in [-0.4, -0.2) is 51.1 Å². The number of sulfonamides is 1. The fourth-order valence-electron chi connectivity index (χ4n) is 3.30. The molecule has 0 saturated carbocycles. The van der Waals surface area contributed by atoms with E-state index in [1.165, 1.54) is 12.1 Å². The average Bonchev–Trinajstić information content (AvgIpc) is 2.68. The van der Waals surface area contributed by atoms with Gasteiger partial charge in [-0.25, -0.2) is 8.42 Å². The summed E-state index contributed by atoms with van der Waals surface area (Å²) >= 11 is 0. The Labute approximate surface area is 171 Å². The van der Waals surface area contributed by atoms with E-state index in [1.54, 1.807) is 41.3 Å². The van der Waals surface area contributed by atoms with Crippen LogP contribution in [0, 0.1) is 0 Å². The molecule has 0 aliphatic carbocycles. The van der Waals surface area contributed by atoms with Crippen LogP contribution in [0.15, 0.2) is 53.4 Å². The van der Waals surface area contributed by atoms with Crippen LogP contribution in [0.3, 0.4) is 0 Å². The number of ether oxygens (including phenoxy) is 2. The SMILES string of the molecule is CCOc1ccc(NS(=O)(=O)c2ccc(C(=O)N3C[C@H](C)O[C@@H](C)C3)cc2)cc1. The van der Waals surface area contributed by atoms with E-state index in [1.807, 2.05) is 20.8 Å². The molecular formula is C21H26N2O5S. The van der Waals surface area contributed by atoms with Crippen LogP contribution < -0.4 is 9.46 Å². The van der Waals surface area contributed by atoms with Crippen molar-refractivity contribution < 1.29 is 22.7 Å². The third-order valence-electron chi connectivity index (χ3n) is 4.54. The number of benzene rings is 2. The highest BCUT2D eigenvalue weighted by molar-refractivity contribution is 7.92. The number of hydrogen-bond donors (Lipinski definition) is 1. The summed E-state index contributed by atoms with van der Waals surface area (Å²) in [7, 11) is -3.76. The Hall–Kier alpha value is -2.58. The van der Waals surface area contributed by atoms with Crippen molar-refractivity contribution in [2.75, 3.05) is 24.4 Å². The summed E-state index contributed by atoms with van der Waals surface area (Å²) in [6.45, 7) is 7.31. The Kier molecular flexibility index (Phi) is 6.44. The molecule has 0 radical (unpaired) electrons. The van der Waals surface area contributed by atoms with E-state index >= 15 is 0 Å². The zero-order valence-corrected chi connectivity index (χ0v) is 17.6. The van der Waals surface area contributed by atoms with Gasteiger partial charge < -0.3 is 14.4 Å². The standard InChI is InChI=1S/C21H26N2O5S/c1-4-27-19-9-7-18(8-10-19)22-29(25,26)20-11-5-17(6-12-20)21(24)23-13-15(2)28-16(3)14-23/h5-12,15-16,22H,4,13-14H2,1-3H3/t15-,16-/m0/s1. The first-order valence-corrected chi connectivity index (χ1v) is 11.1. The van der Waals surface area contributed by atoms with Crippen LogP contribution in [-0.2, 0) is 14.8 Å². The number of carbonyl (C=O) groups is 1. The van der Waals surface area contributed by atoms with E-state index < -0.39 is 10.0 Å². The summed E-state index contributed by atoms with van der Waals surface area (Å²) in [6.07, 6.45) is -0.0543. The molecule has 1 amide bonds. The first-order chi connectivity index (χ1) is 13.8. The molecule has 2 aromatic rings. The van der Waals surface area contributed by atoms with Gasteiger partial charge in [-0.1, -0.05) is 0 Å². The maximum atomic E-state index is 12.7. The molecule has 29 heavy (non-hydrogen) atoms. The Morgan fingerprint density at radius 1 is 1.07 bits per heavy atom. The number of morpholine rings is 1. The lowest BCUT2D eigenvalue weighted by molar-refractivity contribution is -0.0586. The predicted molar refractivity (Wildman–Crippen MR) is 111 cm³/mol. The highest BCUT2D eigenvalue weighted by Crippen LogP contribution is 2.21. The molecular weight excluding hydrogens is 392 g/mol. The fourth-order valence-corrected chi connectivity index (χ4v) is 4.36. The molecule has 1 N–H and O–H groups in total. The van der Waals surface area contributed by atoms with Gasteiger partial charge in [-0.05, 0) is 69.3 Å². The predicted octanol–water partition coefficient (Wildman–Crippen LogP) is 3.14. The quantitative estimate of drug-likeness (QED) is 0.779. The van der Waals surface area contributed by atoms with Crippen LogP contribution in [0.4, 0.5) is 5.69 Å². The third-order valence-corrected chi connectivity index (χ3v) is 5.93. The molecule has 1 saturated heterocycles. The molecule has 1 heterocycles. The van der Waals surface area contributed by atoms with Crippen LogP contribution in [0.5, 0.6) is 5.75 Å². The summed E-state index contributed by atoms with van der Waals surface area (Å²) in [5, 5.41) is 0. The van der Waals surface area contributed by atoms with Gasteiger partial charge in [0.1, 0.15) is 5.75 Å². The first kappa shape index (κ1) is 21.1. The molecule has 0 aromatic heterocycles. The molecule has 3 rings (SSSR count). The largest absolute Gasteiger partial charge is 0.494 e. The second kappa shape index (κ2) is 8.84. The number of anilines is 1. The van der Waals surface area contributed by atoms with E-state index in [-0.39, 0.29) is 23.0 Å². The number of nitrogens with one attached hydrogen (secondary N) is 1. The van der Waals surface area contributed by atoms with Crippen LogP contribution in [0.1, 0.15) is 31.1 Å². The van der Waals surface area contributed by atoms with Gasteiger partial charge >= 0.3 is 0 Å². The Bertz CT molecular complexity index is 932. The van der Waals surface area contributed by atoms with Gasteiger partial charge in [-0.15, -0.1) is 0 Å². The van der Waals surface area contributed by atoms with Crippen LogP contribution in [0.2, 0.25) is 0 Å². The van der Waals surface area contributed by atoms with Crippen molar-refractivity contribution in [2.24, 2.45) is 0 Å². The summed E-state index contributed by atoms with van der Waals surface area (Å²) in [4.78, 5) is 14.5. The molecule has 0 bridgehead atoms. The minimum Gasteiger partial charge on any atom is -0.494 e. The average molecular weight is 419 g/mol. The number of amides is 1. The van der Waals surface area contributed by atoms with E-state index in [0.29, 0.717) is 36.7 Å².